The van der Waals surface area contributed by atoms with Gasteiger partial charge in [0.1, 0.15) is 0 Å². The smallest absolute Gasteiger partial charge is 0.189 e. The number of allylic oxidation sites excluding steroid dienone is 1. The van der Waals surface area contributed by atoms with Gasteiger partial charge < -0.3 is 0 Å². The fourth-order valence-corrected chi connectivity index (χ4v) is 4.73. The van der Waals surface area contributed by atoms with Gasteiger partial charge in [0, 0.05) is 27.4 Å². The summed E-state index contributed by atoms with van der Waals surface area (Å²) in [5, 5.41) is 0. The zero-order valence-corrected chi connectivity index (χ0v) is 20.3. The normalized spacial score (nSPS) is 13.1. The van der Waals surface area contributed by atoms with Crippen molar-refractivity contribution in [2.75, 3.05) is 0 Å². The van der Waals surface area contributed by atoms with Gasteiger partial charge in [-0.1, -0.05) is 137 Å². The summed E-state index contributed by atoms with van der Waals surface area (Å²) in [6.07, 6.45) is 2.21. The van der Waals surface area contributed by atoms with E-state index < -0.39 is 5.92 Å². The second-order valence-electron chi connectivity index (χ2n) is 8.13. The average Bonchev–Trinajstić information content (AvgIpc) is 2.92. The van der Waals surface area contributed by atoms with Crippen LogP contribution in [0.15, 0.2) is 127 Å². The topological polar surface area (TPSA) is 34.1 Å². The molecule has 2 unspecified atom stereocenters. The second-order valence-corrected chi connectivity index (χ2v) is 9.12. The van der Waals surface area contributed by atoms with Crippen LogP contribution in [0.5, 0.6) is 0 Å². The number of carbonyl (C=O) groups excluding carboxylic acids is 2. The highest BCUT2D eigenvalue weighted by Gasteiger charge is 2.31. The third kappa shape index (κ3) is 5.86. The molecule has 0 saturated carbocycles. The molecular weight excluding hydrogens is 484 g/mol. The number of carbonyl (C=O) groups is 2. The van der Waals surface area contributed by atoms with Crippen molar-refractivity contribution in [3.05, 3.63) is 149 Å². The van der Waals surface area contributed by atoms with Gasteiger partial charge in [-0.05, 0) is 23.6 Å². The van der Waals surface area contributed by atoms with Gasteiger partial charge in [-0.25, -0.2) is 0 Å². The lowest BCUT2D eigenvalue weighted by Crippen LogP contribution is -2.22. The summed E-state index contributed by atoms with van der Waals surface area (Å²) < 4.78 is 0. The lowest BCUT2D eigenvalue weighted by Gasteiger charge is -2.23. The van der Waals surface area contributed by atoms with Crippen LogP contribution in [0.4, 0.5) is 0 Å². The highest BCUT2D eigenvalue weighted by molar-refractivity contribution is 9.09. The van der Waals surface area contributed by atoms with Crippen LogP contribution >= 0.6 is 15.9 Å². The molecule has 0 fully saturated rings. The number of alkyl halides is 1. The first kappa shape index (κ1) is 23.6. The molecule has 0 amide bonds. The molecule has 4 rings (SSSR count). The summed E-state index contributed by atoms with van der Waals surface area (Å²) in [7, 11) is 0. The van der Waals surface area contributed by atoms with E-state index in [2.05, 4.69) is 15.9 Å². The zero-order chi connectivity index (χ0) is 23.8. The van der Waals surface area contributed by atoms with Crippen LogP contribution in [0, 0.1) is 5.92 Å². The predicted octanol–water partition coefficient (Wildman–Crippen LogP) is 7.98. The summed E-state index contributed by atoms with van der Waals surface area (Å²) in [5.41, 5.74) is 3.79. The number of Topliss-reactive ketones (excluding diaryl/α,β-unsaturated/α-hetero) is 2. The second kappa shape index (κ2) is 11.5. The fourth-order valence-electron chi connectivity index (χ4n) is 3.99. The van der Waals surface area contributed by atoms with Gasteiger partial charge in [0.25, 0.3) is 0 Å². The van der Waals surface area contributed by atoms with E-state index in [0.717, 1.165) is 11.1 Å². The van der Waals surface area contributed by atoms with Crippen LogP contribution < -0.4 is 0 Å². The first-order valence-corrected chi connectivity index (χ1v) is 12.2. The van der Waals surface area contributed by atoms with Gasteiger partial charge in [0.2, 0.25) is 0 Å². The molecular formula is C31H25BrO2. The molecule has 0 heterocycles. The van der Waals surface area contributed by atoms with E-state index in [1.807, 2.05) is 127 Å². The summed E-state index contributed by atoms with van der Waals surface area (Å²) in [4.78, 5) is 27.1. The number of ketones is 2. The number of benzene rings is 4. The van der Waals surface area contributed by atoms with Gasteiger partial charge in [0.05, 0.1) is 0 Å². The van der Waals surface area contributed by atoms with Crippen molar-refractivity contribution in [2.45, 2.75) is 11.2 Å². The minimum Gasteiger partial charge on any atom is -0.294 e. The third-order valence-electron chi connectivity index (χ3n) is 5.77. The molecule has 4 aromatic carbocycles. The minimum atomic E-state index is -0.465. The van der Waals surface area contributed by atoms with Crippen molar-refractivity contribution in [1.82, 2.24) is 0 Å². The Morgan fingerprint density at radius 2 is 1.12 bits per heavy atom. The van der Waals surface area contributed by atoms with E-state index in [4.69, 9.17) is 0 Å². The molecule has 0 saturated heterocycles. The molecule has 0 aromatic heterocycles. The van der Waals surface area contributed by atoms with E-state index >= 15 is 0 Å². The molecule has 0 aliphatic carbocycles. The van der Waals surface area contributed by atoms with Crippen molar-refractivity contribution in [1.29, 1.82) is 0 Å². The molecule has 3 heteroatoms. The quantitative estimate of drug-likeness (QED) is 0.130. The molecule has 34 heavy (non-hydrogen) atoms. The van der Waals surface area contributed by atoms with E-state index in [9.17, 15) is 9.59 Å². The van der Waals surface area contributed by atoms with E-state index in [0.29, 0.717) is 23.1 Å². The first-order valence-electron chi connectivity index (χ1n) is 11.3. The fraction of sp³-hybridized carbons (Fsp3) is 0.0968. The van der Waals surface area contributed by atoms with Crippen molar-refractivity contribution >= 4 is 33.6 Å². The molecule has 0 radical (unpaired) electrons. The minimum absolute atomic E-state index is 0.00570. The maximum atomic E-state index is 13.7. The van der Waals surface area contributed by atoms with Crippen LogP contribution in [0.25, 0.3) is 6.08 Å². The molecule has 2 atom stereocenters. The van der Waals surface area contributed by atoms with Gasteiger partial charge in [-0.15, -0.1) is 0 Å². The molecule has 0 aliphatic rings. The Morgan fingerprint density at radius 1 is 0.647 bits per heavy atom. The lowest BCUT2D eigenvalue weighted by molar-refractivity contribution is 0.0914. The van der Waals surface area contributed by atoms with E-state index in [1.165, 1.54) is 0 Å². The third-order valence-corrected chi connectivity index (χ3v) is 6.94. The van der Waals surface area contributed by atoms with E-state index in [-0.39, 0.29) is 16.4 Å². The highest BCUT2D eigenvalue weighted by atomic mass is 79.9. The van der Waals surface area contributed by atoms with Gasteiger partial charge in [0.15, 0.2) is 11.6 Å². The maximum absolute atomic E-state index is 13.7. The standard InChI is InChI=1S/C31H25BrO2/c32-29(24-15-7-2-8-16-24)28(31(34)26-19-11-4-12-20-26)22-27(21-23-13-5-1-6-14-23)30(33)25-17-9-3-10-18-25/h1-21,28-29H,22H2/b27-21-. The molecule has 0 aliphatic heterocycles. The Bertz CT molecular complexity index is 1250. The van der Waals surface area contributed by atoms with Crippen molar-refractivity contribution in [3.8, 4) is 0 Å². The van der Waals surface area contributed by atoms with Crippen molar-refractivity contribution in [3.63, 3.8) is 0 Å². The Balaban J connectivity index is 1.77. The van der Waals surface area contributed by atoms with Gasteiger partial charge >= 0.3 is 0 Å². The SMILES string of the molecule is O=C(/C(=C\c1ccccc1)CC(C(=O)c1ccccc1)C(Br)c1ccccc1)c1ccccc1. The maximum Gasteiger partial charge on any atom is 0.189 e. The Kier molecular flexibility index (Phi) is 8.00. The predicted molar refractivity (Wildman–Crippen MR) is 142 cm³/mol. The van der Waals surface area contributed by atoms with E-state index in [1.54, 1.807) is 0 Å². The van der Waals surface area contributed by atoms with Crippen LogP contribution in [-0.4, -0.2) is 11.6 Å². The molecule has 0 bridgehead atoms. The number of hydrogen-bond donors (Lipinski definition) is 0. The Hall–Kier alpha value is -3.56. The first-order chi connectivity index (χ1) is 16.6. The Morgan fingerprint density at radius 3 is 1.68 bits per heavy atom. The molecule has 2 nitrogen and oxygen atoms in total. The van der Waals surface area contributed by atoms with Crippen LogP contribution in [-0.2, 0) is 0 Å². The molecule has 0 N–H and O–H groups in total. The molecule has 168 valence electrons. The zero-order valence-electron chi connectivity index (χ0n) is 18.7. The average molecular weight is 509 g/mol. The Labute approximate surface area is 209 Å². The van der Waals surface area contributed by atoms with Crippen molar-refractivity contribution in [2.24, 2.45) is 5.92 Å². The lowest BCUT2D eigenvalue weighted by atomic mass is 9.83. The highest BCUT2D eigenvalue weighted by Crippen LogP contribution is 2.38. The van der Waals surface area contributed by atoms with Gasteiger partial charge in [-0.2, -0.15) is 0 Å². The molecule has 0 spiro atoms. The number of halogens is 1. The summed E-state index contributed by atoms with van der Waals surface area (Å²) >= 11 is 3.81. The van der Waals surface area contributed by atoms with Crippen LogP contribution in [0.1, 0.15) is 43.1 Å². The van der Waals surface area contributed by atoms with Gasteiger partial charge in [-0.3, -0.25) is 9.59 Å². The van der Waals surface area contributed by atoms with Crippen LogP contribution in [0.3, 0.4) is 0 Å². The summed E-state index contributed by atoms with van der Waals surface area (Å²) in [6.45, 7) is 0. The monoisotopic (exact) mass is 508 g/mol. The largest absolute Gasteiger partial charge is 0.294 e. The number of rotatable bonds is 9. The number of hydrogen-bond acceptors (Lipinski definition) is 2. The molecule has 4 aromatic rings. The summed E-state index contributed by atoms with van der Waals surface area (Å²) in [5.74, 6) is -0.526. The van der Waals surface area contributed by atoms with Crippen molar-refractivity contribution < 1.29 is 9.59 Å². The van der Waals surface area contributed by atoms with Crippen LogP contribution in [0.2, 0.25) is 0 Å². The summed E-state index contributed by atoms with van der Waals surface area (Å²) in [6, 6.07) is 38.2.